The van der Waals surface area contributed by atoms with Crippen molar-refractivity contribution in [1.82, 2.24) is 30.1 Å². The van der Waals surface area contributed by atoms with Gasteiger partial charge in [-0.15, -0.1) is 5.10 Å². The summed E-state index contributed by atoms with van der Waals surface area (Å²) in [5, 5.41) is 18.3. The Balaban J connectivity index is 1.43. The van der Waals surface area contributed by atoms with Crippen LogP contribution in [0.3, 0.4) is 0 Å². The summed E-state index contributed by atoms with van der Waals surface area (Å²) in [5.74, 6) is 2.38. The molecule has 3 N–H and O–H groups in total. The average Bonchev–Trinajstić information content (AvgIpc) is 3.22. The molecule has 1 saturated heterocycles. The summed E-state index contributed by atoms with van der Waals surface area (Å²) in [6.45, 7) is 1.85. The van der Waals surface area contributed by atoms with Crippen LogP contribution in [0.1, 0.15) is 25.1 Å². The van der Waals surface area contributed by atoms with E-state index in [2.05, 4.69) is 35.0 Å². The van der Waals surface area contributed by atoms with Crippen LogP contribution >= 0.6 is 11.8 Å². The van der Waals surface area contributed by atoms with Crippen LogP contribution in [0.15, 0.2) is 29.4 Å². The van der Waals surface area contributed by atoms with Crippen LogP contribution in [0.25, 0.3) is 11.4 Å². The number of nitrogens with zero attached hydrogens (tertiary/aromatic N) is 7. The van der Waals surface area contributed by atoms with E-state index in [0.717, 1.165) is 25.9 Å². The van der Waals surface area contributed by atoms with Crippen molar-refractivity contribution in [2.24, 2.45) is 0 Å². The Labute approximate surface area is 170 Å². The van der Waals surface area contributed by atoms with Crippen molar-refractivity contribution in [3.05, 3.63) is 40.2 Å². The van der Waals surface area contributed by atoms with Crippen LogP contribution in [0.5, 0.6) is 0 Å². The number of thioether (sulfide) groups is 1. The first-order valence-corrected chi connectivity index (χ1v) is 10.1. The molecule has 2 aromatic heterocycles. The third-order valence-electron chi connectivity index (χ3n) is 4.47. The molecule has 150 valence electrons. The van der Waals surface area contributed by atoms with Gasteiger partial charge in [0, 0.05) is 30.8 Å². The zero-order chi connectivity index (χ0) is 20.2. The number of anilines is 2. The topological polar surface area (TPSA) is 153 Å². The lowest BCUT2D eigenvalue weighted by Crippen LogP contribution is -2.31. The van der Waals surface area contributed by atoms with E-state index < -0.39 is 4.92 Å². The Hall–Kier alpha value is -3.28. The highest BCUT2D eigenvalue weighted by Crippen LogP contribution is 2.24. The van der Waals surface area contributed by atoms with Crippen LogP contribution in [0.4, 0.5) is 17.6 Å². The summed E-state index contributed by atoms with van der Waals surface area (Å²) in [6.07, 6.45) is 3.47. The number of hydrogen-bond acceptors (Lipinski definition) is 10. The van der Waals surface area contributed by atoms with Crippen LogP contribution in [-0.2, 0) is 5.75 Å². The normalized spacial score (nSPS) is 14.1. The number of rotatable bonds is 6. The van der Waals surface area contributed by atoms with Gasteiger partial charge in [0.1, 0.15) is 5.82 Å². The molecule has 11 nitrogen and oxygen atoms in total. The Bertz CT molecular complexity index is 1000. The van der Waals surface area contributed by atoms with Gasteiger partial charge in [-0.05, 0) is 31.4 Å². The molecule has 0 radical (unpaired) electrons. The second kappa shape index (κ2) is 8.39. The Morgan fingerprint density at radius 1 is 1.10 bits per heavy atom. The molecule has 3 aromatic rings. The molecule has 4 rings (SSSR count). The number of hydrogen-bond donors (Lipinski definition) is 2. The number of benzene rings is 1. The van der Waals surface area contributed by atoms with E-state index in [0.29, 0.717) is 34.1 Å². The smallest absolute Gasteiger partial charge is 0.269 e. The minimum Gasteiger partial charge on any atom is -0.368 e. The molecule has 0 bridgehead atoms. The molecule has 1 aromatic carbocycles. The molecule has 1 aliphatic rings. The first kappa shape index (κ1) is 19.1. The third-order valence-corrected chi connectivity index (χ3v) is 5.32. The quantitative estimate of drug-likeness (QED) is 0.350. The minimum absolute atomic E-state index is 0.0276. The monoisotopic (exact) mass is 413 g/mol. The van der Waals surface area contributed by atoms with Gasteiger partial charge in [-0.3, -0.25) is 15.2 Å². The largest absolute Gasteiger partial charge is 0.368 e. The van der Waals surface area contributed by atoms with Crippen molar-refractivity contribution in [2.75, 3.05) is 23.7 Å². The molecule has 3 heterocycles. The maximum Gasteiger partial charge on any atom is 0.269 e. The fourth-order valence-corrected chi connectivity index (χ4v) is 3.69. The van der Waals surface area contributed by atoms with Gasteiger partial charge >= 0.3 is 0 Å². The predicted octanol–water partition coefficient (Wildman–Crippen LogP) is 2.43. The molecular formula is C17H19N9O2S. The van der Waals surface area contributed by atoms with Gasteiger partial charge in [0.2, 0.25) is 17.1 Å². The molecule has 0 atom stereocenters. The summed E-state index contributed by atoms with van der Waals surface area (Å²) in [7, 11) is 0. The highest BCUT2D eigenvalue weighted by Gasteiger charge is 2.16. The van der Waals surface area contributed by atoms with Gasteiger partial charge in [0.25, 0.3) is 5.69 Å². The van der Waals surface area contributed by atoms with Gasteiger partial charge in [0.15, 0.2) is 5.82 Å². The number of non-ortho nitro benzene ring substituents is 1. The van der Waals surface area contributed by atoms with Crippen LogP contribution in [0.2, 0.25) is 0 Å². The highest BCUT2D eigenvalue weighted by atomic mass is 32.2. The summed E-state index contributed by atoms with van der Waals surface area (Å²) in [6, 6.07) is 6.12. The molecule has 0 unspecified atom stereocenters. The molecule has 0 aliphatic carbocycles. The molecule has 12 heteroatoms. The number of nitrogens with one attached hydrogen (secondary N) is 1. The second-order valence-corrected chi connectivity index (χ2v) is 7.46. The maximum absolute atomic E-state index is 10.8. The van der Waals surface area contributed by atoms with E-state index in [9.17, 15) is 10.1 Å². The van der Waals surface area contributed by atoms with Crippen LogP contribution in [0, 0.1) is 10.1 Å². The van der Waals surface area contributed by atoms with Crippen molar-refractivity contribution in [1.29, 1.82) is 0 Å². The lowest BCUT2D eigenvalue weighted by atomic mass is 10.1. The van der Waals surface area contributed by atoms with Crippen molar-refractivity contribution in [2.45, 2.75) is 30.2 Å². The third kappa shape index (κ3) is 4.59. The van der Waals surface area contributed by atoms with Gasteiger partial charge < -0.3 is 10.6 Å². The van der Waals surface area contributed by atoms with Gasteiger partial charge in [-0.25, -0.2) is 4.98 Å². The Morgan fingerprint density at radius 3 is 2.59 bits per heavy atom. The summed E-state index contributed by atoms with van der Waals surface area (Å²) in [5.41, 5.74) is 6.61. The second-order valence-electron chi connectivity index (χ2n) is 6.52. The van der Waals surface area contributed by atoms with Gasteiger partial charge in [0.05, 0.1) is 10.7 Å². The van der Waals surface area contributed by atoms with Crippen molar-refractivity contribution in [3.63, 3.8) is 0 Å². The highest BCUT2D eigenvalue weighted by molar-refractivity contribution is 7.98. The van der Waals surface area contributed by atoms with Crippen LogP contribution in [-0.4, -0.2) is 48.1 Å². The van der Waals surface area contributed by atoms with Gasteiger partial charge in [-0.1, -0.05) is 11.8 Å². The first-order valence-electron chi connectivity index (χ1n) is 9.14. The lowest BCUT2D eigenvalue weighted by molar-refractivity contribution is -0.384. The maximum atomic E-state index is 10.8. The molecule has 1 fully saturated rings. The molecule has 0 spiro atoms. The van der Waals surface area contributed by atoms with E-state index >= 15 is 0 Å². The van der Waals surface area contributed by atoms with Crippen LogP contribution < -0.4 is 10.6 Å². The standard InChI is InChI=1S/C17H19N9O2S/c18-15-19-13(20-16(22-15)25-8-2-1-3-9-25)10-29-17-21-14(23-24-17)11-4-6-12(7-5-11)26(27)28/h4-7H,1-3,8-10H2,(H,21,23,24)(H2,18,19,20,22). The number of nitrogen functional groups attached to an aromatic ring is 1. The Morgan fingerprint density at radius 2 is 1.86 bits per heavy atom. The number of aromatic amines is 1. The number of nitro benzene ring substituents is 1. The van der Waals surface area contributed by atoms with Crippen molar-refractivity contribution >= 4 is 29.3 Å². The first-order chi connectivity index (χ1) is 14.1. The fourth-order valence-electron chi connectivity index (χ4n) is 3.04. The number of nitrogens with two attached hydrogens (primary N) is 1. The van der Waals surface area contributed by atoms with E-state index in [1.807, 2.05) is 0 Å². The van der Waals surface area contributed by atoms with E-state index in [1.165, 1.54) is 30.3 Å². The SMILES string of the molecule is Nc1nc(CSc2n[nH]c(-c3ccc([N+](=O)[O-])cc3)n2)nc(N2CCCCC2)n1. The molecule has 29 heavy (non-hydrogen) atoms. The lowest BCUT2D eigenvalue weighted by Gasteiger charge is -2.26. The van der Waals surface area contributed by atoms with E-state index in [1.54, 1.807) is 12.1 Å². The fraction of sp³-hybridized carbons (Fsp3) is 0.353. The molecule has 0 saturated carbocycles. The minimum atomic E-state index is -0.440. The molecule has 1 aliphatic heterocycles. The van der Waals surface area contributed by atoms with E-state index in [-0.39, 0.29) is 11.6 Å². The van der Waals surface area contributed by atoms with Crippen molar-refractivity contribution in [3.8, 4) is 11.4 Å². The molecular weight excluding hydrogens is 394 g/mol. The van der Waals surface area contributed by atoms with E-state index in [4.69, 9.17) is 5.73 Å². The van der Waals surface area contributed by atoms with Crippen molar-refractivity contribution < 1.29 is 4.92 Å². The molecule has 0 amide bonds. The number of piperidine rings is 1. The zero-order valence-electron chi connectivity index (χ0n) is 15.5. The summed E-state index contributed by atoms with van der Waals surface area (Å²) in [4.78, 5) is 29.9. The zero-order valence-corrected chi connectivity index (χ0v) is 16.3. The average molecular weight is 413 g/mol. The number of nitro groups is 1. The summed E-state index contributed by atoms with van der Waals surface area (Å²) < 4.78 is 0. The Kier molecular flexibility index (Phi) is 5.51. The van der Waals surface area contributed by atoms with Gasteiger partial charge in [-0.2, -0.15) is 15.0 Å². The predicted molar refractivity (Wildman–Crippen MR) is 108 cm³/mol. The summed E-state index contributed by atoms with van der Waals surface area (Å²) >= 11 is 1.37. The number of aromatic nitrogens is 6. The number of H-pyrrole nitrogens is 1.